The van der Waals surface area contributed by atoms with Gasteiger partial charge in [0.15, 0.2) is 0 Å². The Labute approximate surface area is 241 Å². The number of allylic oxidation sites excluding steroid dienone is 1. The van der Waals surface area contributed by atoms with Crippen molar-refractivity contribution >= 4 is 33.8 Å². The molecule has 5 rings (SSSR count). The number of halogens is 3. The molecule has 0 spiro atoms. The maximum absolute atomic E-state index is 13.3. The van der Waals surface area contributed by atoms with Gasteiger partial charge in [0, 0.05) is 11.4 Å². The number of carbonyl (C=O) groups excluding carboxylic acids is 1. The van der Waals surface area contributed by atoms with E-state index in [4.69, 9.17) is 10.7 Å². The minimum Gasteiger partial charge on any atom is -0.351 e. The summed E-state index contributed by atoms with van der Waals surface area (Å²) in [5.41, 5.74) is 0.634. The number of rotatable bonds is 10. The Bertz CT molecular complexity index is 1700. The number of amides is 1. The topological polar surface area (TPSA) is 101 Å². The molecule has 4 N–H and O–H groups in total. The van der Waals surface area contributed by atoms with Crippen LogP contribution in [0.5, 0.6) is 0 Å². The summed E-state index contributed by atoms with van der Waals surface area (Å²) in [6, 6.07) is 29.3. The second kappa shape index (κ2) is 12.3. The molecule has 4 aromatic carbocycles. The van der Waals surface area contributed by atoms with Crippen LogP contribution in [0.3, 0.4) is 0 Å². The Morgan fingerprint density at radius 2 is 1.60 bits per heavy atom. The third-order valence-electron chi connectivity index (χ3n) is 7.00. The van der Waals surface area contributed by atoms with Crippen LogP contribution in [0.25, 0.3) is 10.8 Å². The minimum atomic E-state index is -4.94. The van der Waals surface area contributed by atoms with Crippen molar-refractivity contribution in [2.75, 3.05) is 17.2 Å². The molecule has 1 aliphatic rings. The summed E-state index contributed by atoms with van der Waals surface area (Å²) in [6.07, 6.45) is -2.14. The molecule has 9 heteroatoms. The summed E-state index contributed by atoms with van der Waals surface area (Å²) < 4.78 is 39.6. The normalized spacial score (nSPS) is 14.2. The summed E-state index contributed by atoms with van der Waals surface area (Å²) in [4.78, 5) is 13.3. The summed E-state index contributed by atoms with van der Waals surface area (Å²) in [5.74, 6) is -0.241. The van der Waals surface area contributed by atoms with Gasteiger partial charge in [-0.05, 0) is 89.7 Å². The van der Waals surface area contributed by atoms with Crippen molar-refractivity contribution < 1.29 is 18.0 Å². The van der Waals surface area contributed by atoms with Gasteiger partial charge in [-0.15, -0.1) is 0 Å². The predicted molar refractivity (Wildman–Crippen MR) is 158 cm³/mol. The lowest BCUT2D eigenvalue weighted by Gasteiger charge is -2.21. The molecule has 0 bridgehead atoms. The van der Waals surface area contributed by atoms with Crippen molar-refractivity contribution in [3.8, 4) is 6.07 Å². The highest BCUT2D eigenvalue weighted by molar-refractivity contribution is 6.11. The van der Waals surface area contributed by atoms with Gasteiger partial charge in [0.1, 0.15) is 11.4 Å². The maximum Gasteiger partial charge on any atom is 0.432 e. The van der Waals surface area contributed by atoms with Crippen LogP contribution in [-0.4, -0.2) is 24.3 Å². The first-order valence-electron chi connectivity index (χ1n) is 13.5. The second-order valence-corrected chi connectivity index (χ2v) is 10.3. The fraction of sp³-hybridized carbons (Fsp3) is 0.182. The van der Waals surface area contributed by atoms with E-state index in [0.717, 1.165) is 28.4 Å². The molecular weight excluding hydrogens is 539 g/mol. The highest BCUT2D eigenvalue weighted by atomic mass is 19.4. The molecule has 4 aromatic rings. The molecule has 0 radical (unpaired) electrons. The van der Waals surface area contributed by atoms with Gasteiger partial charge in [0.2, 0.25) is 0 Å². The van der Waals surface area contributed by atoms with E-state index in [9.17, 15) is 18.0 Å². The monoisotopic (exact) mass is 567 g/mol. The van der Waals surface area contributed by atoms with Crippen LogP contribution in [0, 0.1) is 22.7 Å². The van der Waals surface area contributed by atoms with E-state index < -0.39 is 23.5 Å². The summed E-state index contributed by atoms with van der Waals surface area (Å²) in [7, 11) is 0. The predicted octanol–water partition coefficient (Wildman–Crippen LogP) is 7.32. The second-order valence-electron chi connectivity index (χ2n) is 10.3. The minimum absolute atomic E-state index is 0.174. The fourth-order valence-electron chi connectivity index (χ4n) is 4.62. The standard InChI is InChI=1S/C33H28F3N5O/c34-33(35,36)30(38)18-29(40-27-9-3-5-22(15-27)19-37)32(42)41-28-10-4-8-25(17-28)31(39-20-21-11-12-21)26-14-13-23-6-1-2-7-24(23)16-26/h1-10,13-18,21,31,38-40H,11-12,20H2,(H,41,42)/b29-18-,38-30?. The lowest BCUT2D eigenvalue weighted by Crippen LogP contribution is -2.26. The molecular formula is C33H28F3N5O. The Kier molecular flexibility index (Phi) is 8.36. The van der Waals surface area contributed by atoms with E-state index in [1.54, 1.807) is 18.2 Å². The SMILES string of the molecule is N#Cc1cccc(N/C(=C\C(=N)C(F)(F)F)C(=O)Nc2cccc(C(NCC3CC3)c3ccc4ccccc4c3)c2)c1. The lowest BCUT2D eigenvalue weighted by atomic mass is 9.95. The number of alkyl halides is 3. The van der Waals surface area contributed by atoms with E-state index >= 15 is 0 Å². The molecule has 1 saturated carbocycles. The Balaban J connectivity index is 1.43. The third kappa shape index (κ3) is 7.22. The number of nitriles is 1. The van der Waals surface area contributed by atoms with Gasteiger partial charge in [-0.3, -0.25) is 10.2 Å². The van der Waals surface area contributed by atoms with Gasteiger partial charge in [0.05, 0.1) is 17.7 Å². The quantitative estimate of drug-likeness (QED) is 0.119. The Morgan fingerprint density at radius 3 is 2.31 bits per heavy atom. The van der Waals surface area contributed by atoms with Crippen molar-refractivity contribution in [1.29, 1.82) is 10.7 Å². The summed E-state index contributed by atoms with van der Waals surface area (Å²) >= 11 is 0. The molecule has 212 valence electrons. The zero-order valence-corrected chi connectivity index (χ0v) is 22.5. The van der Waals surface area contributed by atoms with Crippen LogP contribution in [0.15, 0.2) is 103 Å². The number of hydrogen-bond donors (Lipinski definition) is 4. The molecule has 0 saturated heterocycles. The smallest absolute Gasteiger partial charge is 0.351 e. The molecule has 0 heterocycles. The van der Waals surface area contributed by atoms with E-state index in [1.807, 2.05) is 24.3 Å². The fourth-order valence-corrected chi connectivity index (χ4v) is 4.62. The third-order valence-corrected chi connectivity index (χ3v) is 7.00. The number of anilines is 2. The molecule has 0 aliphatic heterocycles. The van der Waals surface area contributed by atoms with Crippen molar-refractivity contribution in [2.24, 2.45) is 5.92 Å². The van der Waals surface area contributed by atoms with Crippen molar-refractivity contribution in [1.82, 2.24) is 5.32 Å². The van der Waals surface area contributed by atoms with E-state index in [2.05, 4.69) is 46.3 Å². The van der Waals surface area contributed by atoms with E-state index in [0.29, 0.717) is 17.7 Å². The van der Waals surface area contributed by atoms with Crippen LogP contribution in [0.4, 0.5) is 24.5 Å². The molecule has 1 aliphatic carbocycles. The highest BCUT2D eigenvalue weighted by Gasteiger charge is 2.33. The van der Waals surface area contributed by atoms with Crippen LogP contribution in [-0.2, 0) is 4.79 Å². The zero-order valence-electron chi connectivity index (χ0n) is 22.5. The number of hydrogen-bond acceptors (Lipinski definition) is 5. The zero-order chi connectivity index (χ0) is 29.7. The van der Waals surface area contributed by atoms with Gasteiger partial charge in [-0.1, -0.05) is 54.6 Å². The van der Waals surface area contributed by atoms with E-state index in [1.165, 1.54) is 37.1 Å². The average Bonchev–Trinajstić information content (AvgIpc) is 3.81. The van der Waals surface area contributed by atoms with Crippen molar-refractivity contribution in [3.05, 3.63) is 119 Å². The van der Waals surface area contributed by atoms with Gasteiger partial charge >= 0.3 is 6.18 Å². The average molecular weight is 568 g/mol. The lowest BCUT2D eigenvalue weighted by molar-refractivity contribution is -0.112. The number of nitrogens with zero attached hydrogens (tertiary/aromatic N) is 1. The largest absolute Gasteiger partial charge is 0.432 e. The first-order valence-corrected chi connectivity index (χ1v) is 13.5. The molecule has 1 unspecified atom stereocenters. The van der Waals surface area contributed by atoms with E-state index in [-0.39, 0.29) is 17.3 Å². The molecule has 0 aromatic heterocycles. The number of carbonyl (C=O) groups is 1. The van der Waals surface area contributed by atoms with Gasteiger partial charge in [-0.2, -0.15) is 18.4 Å². The molecule has 42 heavy (non-hydrogen) atoms. The highest BCUT2D eigenvalue weighted by Crippen LogP contribution is 2.32. The van der Waals surface area contributed by atoms with Gasteiger partial charge in [0.25, 0.3) is 5.91 Å². The van der Waals surface area contributed by atoms with Crippen LogP contribution in [0.1, 0.15) is 35.6 Å². The van der Waals surface area contributed by atoms with Crippen molar-refractivity contribution in [3.63, 3.8) is 0 Å². The van der Waals surface area contributed by atoms with Gasteiger partial charge < -0.3 is 16.0 Å². The van der Waals surface area contributed by atoms with Crippen LogP contribution < -0.4 is 16.0 Å². The summed E-state index contributed by atoms with van der Waals surface area (Å²) in [6.45, 7) is 0.839. The van der Waals surface area contributed by atoms with Crippen LogP contribution in [0.2, 0.25) is 0 Å². The first-order chi connectivity index (χ1) is 20.2. The van der Waals surface area contributed by atoms with Crippen LogP contribution >= 0.6 is 0 Å². The van der Waals surface area contributed by atoms with Gasteiger partial charge in [-0.25, -0.2) is 0 Å². The van der Waals surface area contributed by atoms with Crippen molar-refractivity contribution in [2.45, 2.75) is 25.1 Å². The molecule has 1 amide bonds. The summed E-state index contributed by atoms with van der Waals surface area (Å²) in [5, 5.41) is 27.8. The number of nitrogens with one attached hydrogen (secondary N) is 4. The molecule has 1 atom stereocenters. The Morgan fingerprint density at radius 1 is 0.905 bits per heavy atom. The molecule has 6 nitrogen and oxygen atoms in total. The number of benzene rings is 4. The Hall–Kier alpha value is -4.94. The molecule has 1 fully saturated rings. The maximum atomic E-state index is 13.3. The number of fused-ring (bicyclic) bond motifs is 1. The first kappa shape index (κ1) is 28.6.